The van der Waals surface area contributed by atoms with Crippen molar-refractivity contribution < 1.29 is 4.80 Å². The van der Waals surface area contributed by atoms with Crippen LogP contribution in [0.3, 0.4) is 0 Å². The molecule has 0 saturated heterocycles. The highest BCUT2D eigenvalue weighted by molar-refractivity contribution is 6.49. The lowest BCUT2D eigenvalue weighted by atomic mass is 10.2. The summed E-state index contributed by atoms with van der Waals surface area (Å²) in [5.41, 5.74) is 0. The van der Waals surface area contributed by atoms with Gasteiger partial charge in [0.15, 0.2) is 0 Å². The van der Waals surface area contributed by atoms with Crippen LogP contribution >= 0.6 is 0 Å². The fourth-order valence-electron chi connectivity index (χ4n) is 1.74. The zero-order valence-corrected chi connectivity index (χ0v) is 11.2. The zero-order chi connectivity index (χ0) is 10.6. The summed E-state index contributed by atoms with van der Waals surface area (Å²) < 4.78 is 0. The molecule has 0 spiro atoms. The van der Waals surface area contributed by atoms with Crippen LogP contribution in [0.2, 0.25) is 12.1 Å². The van der Waals surface area contributed by atoms with E-state index in [0.717, 1.165) is 12.1 Å². The van der Waals surface area contributed by atoms with Crippen LogP contribution < -0.4 is 0 Å². The van der Waals surface area contributed by atoms with E-state index in [1.54, 1.807) is 0 Å². The van der Waals surface area contributed by atoms with Gasteiger partial charge in [0.1, 0.15) is 0 Å². The first kappa shape index (κ1) is 14.2. The van der Waals surface area contributed by atoms with Crippen LogP contribution in [0.25, 0.3) is 0 Å². The first-order valence-electron chi connectivity index (χ1n) is 6.47. The molecule has 0 N–H and O–H groups in total. The van der Waals surface area contributed by atoms with E-state index in [-0.39, 0.29) is 0 Å². The van der Waals surface area contributed by atoms with Crippen molar-refractivity contribution in [2.75, 3.05) is 0 Å². The van der Waals surface area contributed by atoms with Crippen molar-refractivity contribution in [3.63, 3.8) is 0 Å². The summed E-state index contributed by atoms with van der Waals surface area (Å²) in [6.07, 6.45) is 10.2. The Kier molecular flexibility index (Phi) is 11.4. The van der Waals surface area contributed by atoms with E-state index < -0.39 is 9.04 Å². The lowest BCUT2D eigenvalue weighted by Gasteiger charge is -2.05. The average Bonchev–Trinajstić information content (AvgIpc) is 2.19. The molecule has 0 aliphatic heterocycles. The van der Waals surface area contributed by atoms with Gasteiger partial charge < -0.3 is 4.80 Å². The third-order valence-corrected chi connectivity index (χ3v) is 4.86. The highest BCUT2D eigenvalue weighted by atomic mass is 28.3. The van der Waals surface area contributed by atoms with Crippen molar-refractivity contribution in [1.82, 2.24) is 0 Å². The second kappa shape index (κ2) is 11.3. The largest absolute Gasteiger partial charge is 0.302 e. The topological polar surface area (TPSA) is 19.9 Å². The van der Waals surface area contributed by atoms with E-state index in [0.29, 0.717) is 0 Å². The van der Waals surface area contributed by atoms with Crippen LogP contribution in [0, 0.1) is 0 Å². The Balaban J connectivity index is 3.07. The monoisotopic (exact) mass is 215 g/mol. The molecule has 85 valence electrons. The molecule has 0 saturated carbocycles. The molecule has 0 fully saturated rings. The Morgan fingerprint density at radius 1 is 0.714 bits per heavy atom. The van der Waals surface area contributed by atoms with Crippen LogP contribution in [0.1, 0.15) is 65.2 Å². The van der Waals surface area contributed by atoms with Crippen molar-refractivity contribution in [3.05, 3.63) is 0 Å². The fourth-order valence-corrected chi connectivity index (χ4v) is 3.52. The van der Waals surface area contributed by atoms with Crippen LogP contribution in [-0.4, -0.2) is 9.04 Å². The minimum absolute atomic E-state index is 1.05. The van der Waals surface area contributed by atoms with E-state index in [2.05, 4.69) is 13.8 Å². The summed E-state index contributed by atoms with van der Waals surface area (Å²) in [6.45, 7) is 4.44. The maximum absolute atomic E-state index is 11.6. The fraction of sp³-hybridized carbons (Fsp3) is 1.00. The number of unbranched alkanes of at least 4 members (excludes halogenated alkanes) is 6. The molecular formula is C12H27OSi. The standard InChI is InChI=1S/C12H27OSi/c1-3-5-7-9-11-14(13)12-10-8-6-4-2/h14H,3-12H2,1-2H3. The molecule has 0 unspecified atom stereocenters. The highest BCUT2D eigenvalue weighted by Crippen LogP contribution is 2.11. The van der Waals surface area contributed by atoms with Gasteiger partial charge in [-0.2, -0.15) is 0 Å². The number of hydrogen-bond acceptors (Lipinski definition) is 0. The van der Waals surface area contributed by atoms with Crippen molar-refractivity contribution in [2.45, 2.75) is 77.3 Å². The van der Waals surface area contributed by atoms with Crippen molar-refractivity contribution >= 4 is 9.04 Å². The third-order valence-electron chi connectivity index (χ3n) is 2.76. The Hall–Kier alpha value is 0.177. The number of hydrogen-bond donors (Lipinski definition) is 0. The molecule has 0 atom stereocenters. The zero-order valence-electron chi connectivity index (χ0n) is 10.1. The maximum atomic E-state index is 11.6. The van der Waals surface area contributed by atoms with Crippen molar-refractivity contribution in [3.8, 4) is 0 Å². The van der Waals surface area contributed by atoms with E-state index in [1.807, 2.05) is 0 Å². The van der Waals surface area contributed by atoms with E-state index >= 15 is 0 Å². The predicted octanol–water partition coefficient (Wildman–Crippen LogP) is 4.30. The Bertz CT molecular complexity index is 94.5. The maximum Gasteiger partial charge on any atom is 0.222 e. The Morgan fingerprint density at radius 2 is 1.14 bits per heavy atom. The molecule has 1 nitrogen and oxygen atoms in total. The summed E-state index contributed by atoms with van der Waals surface area (Å²) >= 11 is 0. The predicted molar refractivity (Wildman–Crippen MR) is 65.7 cm³/mol. The minimum Gasteiger partial charge on any atom is -0.302 e. The van der Waals surface area contributed by atoms with E-state index in [9.17, 15) is 4.80 Å². The lowest BCUT2D eigenvalue weighted by molar-refractivity contribution is 0.436. The Labute approximate surface area is 91.6 Å². The highest BCUT2D eigenvalue weighted by Gasteiger charge is 2.07. The summed E-state index contributed by atoms with van der Waals surface area (Å²) in [7, 11) is -1.54. The van der Waals surface area contributed by atoms with Gasteiger partial charge in [0, 0.05) is 0 Å². The summed E-state index contributed by atoms with van der Waals surface area (Å²) in [5.74, 6) is 0. The molecule has 0 aromatic carbocycles. The molecule has 0 aliphatic rings. The van der Waals surface area contributed by atoms with Crippen LogP contribution in [0.5, 0.6) is 0 Å². The van der Waals surface area contributed by atoms with Gasteiger partial charge in [-0.3, -0.25) is 0 Å². The molecule has 0 heterocycles. The molecule has 0 aromatic heterocycles. The SMILES string of the molecule is CCCCCC[SiH]([O])CCCCCC. The molecule has 14 heavy (non-hydrogen) atoms. The van der Waals surface area contributed by atoms with E-state index in [1.165, 1.54) is 51.4 Å². The minimum atomic E-state index is -1.54. The molecular weight excluding hydrogens is 188 g/mol. The molecule has 0 amide bonds. The van der Waals surface area contributed by atoms with Gasteiger partial charge in [0.25, 0.3) is 0 Å². The third kappa shape index (κ3) is 10.3. The molecule has 2 heteroatoms. The second-order valence-electron chi connectivity index (χ2n) is 4.32. The van der Waals surface area contributed by atoms with Gasteiger partial charge >= 0.3 is 0 Å². The molecule has 0 aliphatic carbocycles. The van der Waals surface area contributed by atoms with Gasteiger partial charge in [-0.1, -0.05) is 65.2 Å². The van der Waals surface area contributed by atoms with Crippen molar-refractivity contribution in [1.29, 1.82) is 0 Å². The number of rotatable bonds is 10. The van der Waals surface area contributed by atoms with Gasteiger partial charge in [0.2, 0.25) is 9.04 Å². The smallest absolute Gasteiger partial charge is 0.222 e. The summed E-state index contributed by atoms with van der Waals surface area (Å²) in [4.78, 5) is 11.6. The quantitative estimate of drug-likeness (QED) is 0.382. The summed E-state index contributed by atoms with van der Waals surface area (Å²) in [6, 6.07) is 2.10. The normalized spacial score (nSPS) is 11.1. The molecule has 1 radical (unpaired) electrons. The van der Waals surface area contributed by atoms with Crippen LogP contribution in [0.4, 0.5) is 0 Å². The van der Waals surface area contributed by atoms with Crippen LogP contribution in [-0.2, 0) is 4.80 Å². The first-order valence-corrected chi connectivity index (χ1v) is 8.57. The van der Waals surface area contributed by atoms with E-state index in [4.69, 9.17) is 0 Å². The first-order chi connectivity index (χ1) is 6.81. The summed E-state index contributed by atoms with van der Waals surface area (Å²) in [5, 5.41) is 0. The lowest BCUT2D eigenvalue weighted by Crippen LogP contribution is -2.08. The van der Waals surface area contributed by atoms with Crippen LogP contribution in [0.15, 0.2) is 0 Å². The van der Waals surface area contributed by atoms with Gasteiger partial charge in [-0.05, 0) is 12.1 Å². The van der Waals surface area contributed by atoms with Gasteiger partial charge in [0.05, 0.1) is 0 Å². The molecule has 0 aromatic rings. The molecule has 0 rings (SSSR count). The van der Waals surface area contributed by atoms with Gasteiger partial charge in [-0.25, -0.2) is 0 Å². The second-order valence-corrected chi connectivity index (χ2v) is 6.72. The van der Waals surface area contributed by atoms with Gasteiger partial charge in [-0.15, -0.1) is 0 Å². The average molecular weight is 215 g/mol. The van der Waals surface area contributed by atoms with Crippen molar-refractivity contribution in [2.24, 2.45) is 0 Å². The molecule has 0 bridgehead atoms. The Morgan fingerprint density at radius 3 is 1.50 bits per heavy atom.